The number of pyridine rings is 1. The third-order valence-electron chi connectivity index (χ3n) is 2.35. The van der Waals surface area contributed by atoms with Crippen LogP contribution in [-0.4, -0.2) is 16.8 Å². The van der Waals surface area contributed by atoms with Gasteiger partial charge < -0.3 is 4.74 Å². The highest BCUT2D eigenvalue weighted by atomic mass is 35.5. The molecule has 1 aromatic carbocycles. The summed E-state index contributed by atoms with van der Waals surface area (Å²) in [5.74, 6) is -0.694. The molecule has 0 fully saturated rings. The zero-order valence-corrected chi connectivity index (χ0v) is 11.4. The molecule has 0 saturated carbocycles. The van der Waals surface area contributed by atoms with Crippen molar-refractivity contribution in [2.24, 2.45) is 0 Å². The van der Waals surface area contributed by atoms with Crippen LogP contribution in [0.3, 0.4) is 0 Å². The largest absolute Gasteiger partial charge is 0.460 e. The molecule has 18 heavy (non-hydrogen) atoms. The Morgan fingerprint density at radius 1 is 1.33 bits per heavy atom. The van der Waals surface area contributed by atoms with Crippen LogP contribution in [0, 0.1) is 0 Å². The Morgan fingerprint density at radius 2 is 2.11 bits per heavy atom. The fourth-order valence-electron chi connectivity index (χ4n) is 1.54. The average Bonchev–Trinajstić information content (AvgIpc) is 2.37. The second-order valence-electron chi connectivity index (χ2n) is 3.55. The standard InChI is InChI=1S/C12H8Cl3NO2/c13-4-11(17)18-6-9-10(15)2-1-7-3-8(14)5-16-12(7)9/h1-3,5H,4,6H2. The number of nitrogens with zero attached hydrogens (tertiary/aromatic N) is 1. The van der Waals surface area contributed by atoms with E-state index in [-0.39, 0.29) is 12.5 Å². The third kappa shape index (κ3) is 2.86. The minimum atomic E-state index is -0.501. The molecule has 2 aromatic rings. The first kappa shape index (κ1) is 13.4. The van der Waals surface area contributed by atoms with Gasteiger partial charge in [0.15, 0.2) is 0 Å². The maximum atomic E-state index is 11.0. The second-order valence-corrected chi connectivity index (χ2v) is 4.66. The number of halogens is 3. The van der Waals surface area contributed by atoms with Crippen molar-refractivity contribution >= 4 is 51.7 Å². The van der Waals surface area contributed by atoms with Gasteiger partial charge in [0, 0.05) is 22.2 Å². The van der Waals surface area contributed by atoms with Crippen LogP contribution >= 0.6 is 34.8 Å². The number of carbonyl (C=O) groups is 1. The van der Waals surface area contributed by atoms with Crippen molar-refractivity contribution < 1.29 is 9.53 Å². The topological polar surface area (TPSA) is 39.2 Å². The maximum absolute atomic E-state index is 11.0. The van der Waals surface area contributed by atoms with Crippen LogP contribution in [0.4, 0.5) is 0 Å². The molecule has 94 valence electrons. The van der Waals surface area contributed by atoms with Crippen LogP contribution in [-0.2, 0) is 16.1 Å². The van der Waals surface area contributed by atoms with E-state index in [1.54, 1.807) is 12.1 Å². The van der Waals surface area contributed by atoms with Crippen LogP contribution in [0.15, 0.2) is 24.4 Å². The predicted molar refractivity (Wildman–Crippen MR) is 72.3 cm³/mol. The monoisotopic (exact) mass is 303 g/mol. The molecule has 3 nitrogen and oxygen atoms in total. The van der Waals surface area contributed by atoms with E-state index in [1.165, 1.54) is 6.20 Å². The van der Waals surface area contributed by atoms with E-state index >= 15 is 0 Å². The third-order valence-corrected chi connectivity index (χ3v) is 3.13. The number of rotatable bonds is 3. The number of esters is 1. The molecule has 0 unspecified atom stereocenters. The molecule has 1 aromatic heterocycles. The van der Waals surface area contributed by atoms with Gasteiger partial charge in [-0.1, -0.05) is 29.3 Å². The fourth-order valence-corrected chi connectivity index (χ4v) is 1.99. The highest BCUT2D eigenvalue weighted by molar-refractivity contribution is 6.33. The number of fused-ring (bicyclic) bond motifs is 1. The van der Waals surface area contributed by atoms with E-state index in [2.05, 4.69) is 4.98 Å². The van der Waals surface area contributed by atoms with Gasteiger partial charge in [0.1, 0.15) is 12.5 Å². The van der Waals surface area contributed by atoms with E-state index in [0.29, 0.717) is 21.1 Å². The Bertz CT molecular complexity index is 601. The number of alkyl halides is 1. The van der Waals surface area contributed by atoms with Gasteiger partial charge in [0.2, 0.25) is 0 Å². The highest BCUT2D eigenvalue weighted by Crippen LogP contribution is 2.27. The van der Waals surface area contributed by atoms with Gasteiger partial charge in [-0.2, -0.15) is 0 Å². The molecule has 0 bridgehead atoms. The van der Waals surface area contributed by atoms with Crippen LogP contribution in [0.25, 0.3) is 10.9 Å². The number of ether oxygens (including phenoxy) is 1. The first-order valence-electron chi connectivity index (χ1n) is 5.06. The molecule has 2 rings (SSSR count). The minimum Gasteiger partial charge on any atom is -0.460 e. The summed E-state index contributed by atoms with van der Waals surface area (Å²) < 4.78 is 4.97. The van der Waals surface area contributed by atoms with Crippen molar-refractivity contribution in [1.82, 2.24) is 4.98 Å². The van der Waals surface area contributed by atoms with E-state index in [4.69, 9.17) is 39.5 Å². The van der Waals surface area contributed by atoms with Gasteiger partial charge in [-0.05, 0) is 12.1 Å². The van der Waals surface area contributed by atoms with Crippen LogP contribution < -0.4 is 0 Å². The van der Waals surface area contributed by atoms with Gasteiger partial charge in [0.05, 0.1) is 10.5 Å². The molecular formula is C12H8Cl3NO2. The number of carbonyl (C=O) groups excluding carboxylic acids is 1. The van der Waals surface area contributed by atoms with E-state index in [0.717, 1.165) is 5.39 Å². The second kappa shape index (κ2) is 5.74. The molecule has 0 spiro atoms. The Labute approximate surface area is 119 Å². The van der Waals surface area contributed by atoms with Crippen LogP contribution in [0.5, 0.6) is 0 Å². The van der Waals surface area contributed by atoms with Gasteiger partial charge in [-0.25, -0.2) is 0 Å². The van der Waals surface area contributed by atoms with E-state index in [1.807, 2.05) is 6.07 Å². The molecular weight excluding hydrogens is 296 g/mol. The molecule has 0 saturated heterocycles. The zero-order valence-electron chi connectivity index (χ0n) is 9.12. The van der Waals surface area contributed by atoms with Gasteiger partial charge in [-0.15, -0.1) is 11.6 Å². The van der Waals surface area contributed by atoms with Crippen molar-refractivity contribution in [2.45, 2.75) is 6.61 Å². The highest BCUT2D eigenvalue weighted by Gasteiger charge is 2.10. The summed E-state index contributed by atoms with van der Waals surface area (Å²) >= 11 is 17.3. The normalized spacial score (nSPS) is 10.6. The zero-order chi connectivity index (χ0) is 13.1. The first-order chi connectivity index (χ1) is 8.61. The van der Waals surface area contributed by atoms with E-state index < -0.39 is 5.97 Å². The molecule has 0 atom stereocenters. The maximum Gasteiger partial charge on any atom is 0.321 e. The van der Waals surface area contributed by atoms with E-state index in [9.17, 15) is 4.79 Å². The molecule has 0 aliphatic rings. The van der Waals surface area contributed by atoms with Gasteiger partial charge in [-0.3, -0.25) is 9.78 Å². The lowest BCUT2D eigenvalue weighted by atomic mass is 10.1. The van der Waals surface area contributed by atoms with Gasteiger partial charge >= 0.3 is 5.97 Å². The lowest BCUT2D eigenvalue weighted by Crippen LogP contribution is -2.06. The molecule has 0 amide bonds. The van der Waals surface area contributed by atoms with Crippen molar-refractivity contribution in [3.05, 3.63) is 40.0 Å². The van der Waals surface area contributed by atoms with Crippen molar-refractivity contribution in [3.8, 4) is 0 Å². The van der Waals surface area contributed by atoms with Crippen LogP contribution in [0.1, 0.15) is 5.56 Å². The first-order valence-corrected chi connectivity index (χ1v) is 6.35. The summed E-state index contributed by atoms with van der Waals surface area (Å²) in [7, 11) is 0. The quantitative estimate of drug-likeness (QED) is 0.639. The van der Waals surface area contributed by atoms with Crippen molar-refractivity contribution in [1.29, 1.82) is 0 Å². The molecule has 0 aliphatic carbocycles. The Balaban J connectivity index is 2.41. The summed E-state index contributed by atoms with van der Waals surface area (Å²) in [6.45, 7) is 0.0381. The minimum absolute atomic E-state index is 0.0381. The molecule has 1 heterocycles. The smallest absolute Gasteiger partial charge is 0.321 e. The number of benzene rings is 1. The molecule has 0 aliphatic heterocycles. The Kier molecular flexibility index (Phi) is 4.27. The molecule has 6 heteroatoms. The van der Waals surface area contributed by atoms with Crippen molar-refractivity contribution in [2.75, 3.05) is 5.88 Å². The Morgan fingerprint density at radius 3 is 2.83 bits per heavy atom. The van der Waals surface area contributed by atoms with Gasteiger partial charge in [0.25, 0.3) is 0 Å². The number of hydrogen-bond acceptors (Lipinski definition) is 3. The average molecular weight is 305 g/mol. The molecule has 0 N–H and O–H groups in total. The summed E-state index contributed by atoms with van der Waals surface area (Å²) in [6, 6.07) is 5.29. The lowest BCUT2D eigenvalue weighted by Gasteiger charge is -2.08. The summed E-state index contributed by atoms with van der Waals surface area (Å²) in [5.41, 5.74) is 1.30. The molecule has 0 radical (unpaired) electrons. The Hall–Kier alpha value is -1.03. The van der Waals surface area contributed by atoms with Crippen molar-refractivity contribution in [3.63, 3.8) is 0 Å². The summed E-state index contributed by atoms with van der Waals surface area (Å²) in [4.78, 5) is 15.3. The summed E-state index contributed by atoms with van der Waals surface area (Å²) in [5, 5.41) is 1.86. The SMILES string of the molecule is O=C(CCl)OCc1c(Cl)ccc2cc(Cl)cnc12. The fraction of sp³-hybridized carbons (Fsp3) is 0.167. The lowest BCUT2D eigenvalue weighted by molar-refractivity contribution is -0.141. The predicted octanol–water partition coefficient (Wildman–Crippen LogP) is 3.82. The van der Waals surface area contributed by atoms with Crippen LogP contribution in [0.2, 0.25) is 10.0 Å². The summed E-state index contributed by atoms with van der Waals surface area (Å²) in [6.07, 6.45) is 1.52. The number of hydrogen-bond donors (Lipinski definition) is 0. The number of aromatic nitrogens is 1.